The van der Waals surface area contributed by atoms with E-state index in [4.69, 9.17) is 0 Å². The van der Waals surface area contributed by atoms with Crippen molar-refractivity contribution in [2.75, 3.05) is 6.54 Å². The molecule has 0 radical (unpaired) electrons. The van der Waals surface area contributed by atoms with Crippen LogP contribution in [0.5, 0.6) is 0 Å². The Morgan fingerprint density at radius 1 is 1.44 bits per heavy atom. The van der Waals surface area contributed by atoms with E-state index < -0.39 is 0 Å². The number of carbonyl (C=O) groups is 1. The lowest BCUT2D eigenvalue weighted by atomic mass is 10.2. The molecule has 94 valence electrons. The molecule has 1 N–H and O–H groups in total. The second-order valence-electron chi connectivity index (χ2n) is 3.86. The molecule has 0 unspecified atom stereocenters. The number of rotatable bonds is 4. The van der Waals surface area contributed by atoms with Crippen molar-refractivity contribution in [2.24, 2.45) is 0 Å². The average Bonchev–Trinajstić information content (AvgIpc) is 2.78. The van der Waals surface area contributed by atoms with Gasteiger partial charge in [0, 0.05) is 30.8 Å². The average molecular weight is 264 g/mol. The molecule has 0 aliphatic carbocycles. The molecule has 0 atom stereocenters. The van der Waals surface area contributed by atoms with E-state index in [2.05, 4.69) is 10.3 Å². The van der Waals surface area contributed by atoms with Gasteiger partial charge in [-0.1, -0.05) is 12.1 Å². The first-order valence-corrected chi connectivity index (χ1v) is 6.48. The Hall–Kier alpha value is -1.75. The molecule has 1 aromatic heterocycles. The van der Waals surface area contributed by atoms with Crippen LogP contribution >= 0.6 is 11.3 Å². The highest BCUT2D eigenvalue weighted by atomic mass is 32.1. The van der Waals surface area contributed by atoms with Crippen molar-refractivity contribution in [1.82, 2.24) is 10.3 Å². The number of hydrogen-bond acceptors (Lipinski definition) is 3. The van der Waals surface area contributed by atoms with Crippen LogP contribution in [0.25, 0.3) is 10.6 Å². The summed E-state index contributed by atoms with van der Waals surface area (Å²) in [7, 11) is 0. The summed E-state index contributed by atoms with van der Waals surface area (Å²) in [6.45, 7) is 2.03. The van der Waals surface area contributed by atoms with Crippen molar-refractivity contribution < 1.29 is 9.18 Å². The first kappa shape index (κ1) is 12.7. The Kier molecular flexibility index (Phi) is 4.04. The van der Waals surface area contributed by atoms with E-state index in [1.54, 1.807) is 18.2 Å². The van der Waals surface area contributed by atoms with Crippen molar-refractivity contribution >= 4 is 17.2 Å². The summed E-state index contributed by atoms with van der Waals surface area (Å²) in [6.07, 6.45) is 0.657. The Labute approximate surface area is 109 Å². The van der Waals surface area contributed by atoms with Crippen LogP contribution in [0, 0.1) is 5.82 Å². The maximum atomic E-state index is 13.6. The predicted octanol–water partition coefficient (Wildman–Crippen LogP) is 2.63. The third-order valence-corrected chi connectivity index (χ3v) is 3.34. The van der Waals surface area contributed by atoms with Crippen LogP contribution < -0.4 is 5.32 Å². The van der Waals surface area contributed by atoms with Crippen LogP contribution in [0.2, 0.25) is 0 Å². The van der Waals surface area contributed by atoms with Gasteiger partial charge < -0.3 is 5.32 Å². The number of aromatic nitrogens is 1. The molecule has 0 aliphatic rings. The zero-order chi connectivity index (χ0) is 13.0. The minimum absolute atomic E-state index is 0.0560. The third kappa shape index (κ3) is 3.13. The van der Waals surface area contributed by atoms with Crippen molar-refractivity contribution in [3.8, 4) is 10.6 Å². The van der Waals surface area contributed by atoms with Gasteiger partial charge in [-0.05, 0) is 12.1 Å². The summed E-state index contributed by atoms with van der Waals surface area (Å²) >= 11 is 1.41. The maximum absolute atomic E-state index is 13.6. The molecule has 3 nitrogen and oxygen atoms in total. The summed E-state index contributed by atoms with van der Waals surface area (Å²) in [6, 6.07) is 6.58. The number of benzene rings is 1. The Morgan fingerprint density at radius 2 is 2.22 bits per heavy atom. The molecule has 1 amide bonds. The van der Waals surface area contributed by atoms with Gasteiger partial charge in [-0.15, -0.1) is 11.3 Å². The van der Waals surface area contributed by atoms with Gasteiger partial charge in [0.1, 0.15) is 10.8 Å². The van der Waals surface area contributed by atoms with Gasteiger partial charge in [0.25, 0.3) is 0 Å². The fraction of sp³-hybridized carbons (Fsp3) is 0.231. The SMILES string of the molecule is CC(=O)NCCc1csc(-c2ccccc2F)n1. The second kappa shape index (κ2) is 5.73. The zero-order valence-electron chi connectivity index (χ0n) is 9.94. The van der Waals surface area contributed by atoms with Gasteiger partial charge in [0.05, 0.1) is 5.69 Å². The van der Waals surface area contributed by atoms with Gasteiger partial charge in [-0.25, -0.2) is 9.37 Å². The van der Waals surface area contributed by atoms with Gasteiger partial charge in [-0.3, -0.25) is 4.79 Å². The van der Waals surface area contributed by atoms with E-state index in [0.29, 0.717) is 23.5 Å². The van der Waals surface area contributed by atoms with Crippen LogP contribution in [-0.2, 0) is 11.2 Å². The van der Waals surface area contributed by atoms with Crippen LogP contribution in [0.15, 0.2) is 29.6 Å². The minimum atomic E-state index is -0.264. The largest absolute Gasteiger partial charge is 0.356 e. The van der Waals surface area contributed by atoms with E-state index in [1.807, 2.05) is 5.38 Å². The number of carbonyl (C=O) groups excluding carboxylic acids is 1. The van der Waals surface area contributed by atoms with E-state index in [0.717, 1.165) is 5.69 Å². The summed E-state index contributed by atoms with van der Waals surface area (Å²) in [5.41, 5.74) is 1.39. The maximum Gasteiger partial charge on any atom is 0.216 e. The molecule has 0 aliphatic heterocycles. The molecule has 1 heterocycles. The lowest BCUT2D eigenvalue weighted by molar-refractivity contribution is -0.118. The molecule has 1 aromatic carbocycles. The molecule has 2 aromatic rings. The molecular weight excluding hydrogens is 251 g/mol. The standard InChI is InChI=1S/C13H13FN2OS/c1-9(17)15-7-6-10-8-18-13(16-10)11-4-2-3-5-12(11)14/h2-5,8H,6-7H2,1H3,(H,15,17). The predicted molar refractivity (Wildman–Crippen MR) is 69.9 cm³/mol. The van der Waals surface area contributed by atoms with Gasteiger partial charge >= 0.3 is 0 Å². The Bertz CT molecular complexity index is 553. The van der Waals surface area contributed by atoms with Crippen molar-refractivity contribution in [2.45, 2.75) is 13.3 Å². The van der Waals surface area contributed by atoms with E-state index >= 15 is 0 Å². The summed E-state index contributed by atoms with van der Waals surface area (Å²) in [5, 5.41) is 5.27. The number of thiazole rings is 1. The fourth-order valence-corrected chi connectivity index (χ4v) is 2.43. The quantitative estimate of drug-likeness (QED) is 0.922. The summed E-state index contributed by atoms with van der Waals surface area (Å²) in [4.78, 5) is 15.1. The number of amides is 1. The Balaban J connectivity index is 2.06. The van der Waals surface area contributed by atoms with E-state index in [1.165, 1.54) is 24.3 Å². The molecule has 0 saturated heterocycles. The highest BCUT2D eigenvalue weighted by Gasteiger charge is 2.08. The minimum Gasteiger partial charge on any atom is -0.356 e. The van der Waals surface area contributed by atoms with Crippen LogP contribution in [0.3, 0.4) is 0 Å². The van der Waals surface area contributed by atoms with Crippen LogP contribution in [0.1, 0.15) is 12.6 Å². The highest BCUT2D eigenvalue weighted by molar-refractivity contribution is 7.13. The molecule has 2 rings (SSSR count). The second-order valence-corrected chi connectivity index (χ2v) is 4.71. The number of nitrogens with one attached hydrogen (secondary N) is 1. The van der Waals surface area contributed by atoms with Crippen LogP contribution in [-0.4, -0.2) is 17.4 Å². The van der Waals surface area contributed by atoms with Gasteiger partial charge in [0.2, 0.25) is 5.91 Å². The smallest absolute Gasteiger partial charge is 0.216 e. The number of halogens is 1. The van der Waals surface area contributed by atoms with Crippen LogP contribution in [0.4, 0.5) is 4.39 Å². The summed E-state index contributed by atoms with van der Waals surface area (Å²) < 4.78 is 13.6. The molecule has 0 saturated carbocycles. The number of hydrogen-bond donors (Lipinski definition) is 1. The van der Waals surface area contributed by atoms with Gasteiger partial charge in [-0.2, -0.15) is 0 Å². The van der Waals surface area contributed by atoms with Crippen molar-refractivity contribution in [1.29, 1.82) is 0 Å². The van der Waals surface area contributed by atoms with Crippen molar-refractivity contribution in [3.05, 3.63) is 41.2 Å². The lowest BCUT2D eigenvalue weighted by Gasteiger charge is -1.99. The first-order chi connectivity index (χ1) is 8.66. The summed E-state index contributed by atoms with van der Waals surface area (Å²) in [5.74, 6) is -0.320. The molecule has 5 heteroatoms. The zero-order valence-corrected chi connectivity index (χ0v) is 10.8. The van der Waals surface area contributed by atoms with E-state index in [-0.39, 0.29) is 11.7 Å². The van der Waals surface area contributed by atoms with Gasteiger partial charge in [0.15, 0.2) is 0 Å². The fourth-order valence-electron chi connectivity index (χ4n) is 1.55. The molecular formula is C13H13FN2OS. The normalized spacial score (nSPS) is 10.3. The highest BCUT2D eigenvalue weighted by Crippen LogP contribution is 2.26. The molecule has 0 bridgehead atoms. The van der Waals surface area contributed by atoms with E-state index in [9.17, 15) is 9.18 Å². The lowest BCUT2D eigenvalue weighted by Crippen LogP contribution is -2.22. The van der Waals surface area contributed by atoms with Crippen molar-refractivity contribution in [3.63, 3.8) is 0 Å². The molecule has 0 spiro atoms. The molecule has 0 fully saturated rings. The first-order valence-electron chi connectivity index (χ1n) is 5.60. The number of nitrogens with zero attached hydrogens (tertiary/aromatic N) is 1. The molecule has 18 heavy (non-hydrogen) atoms. The monoisotopic (exact) mass is 264 g/mol. The topological polar surface area (TPSA) is 42.0 Å². The third-order valence-electron chi connectivity index (χ3n) is 2.41. The Morgan fingerprint density at radius 3 is 2.94 bits per heavy atom.